The summed E-state index contributed by atoms with van der Waals surface area (Å²) in [6.45, 7) is 6.41. The van der Waals surface area contributed by atoms with Crippen LogP contribution in [0.1, 0.15) is 19.3 Å². The fourth-order valence-corrected chi connectivity index (χ4v) is 3.16. The highest BCUT2D eigenvalue weighted by Gasteiger charge is 2.21. The van der Waals surface area contributed by atoms with Gasteiger partial charge in [-0.25, -0.2) is 9.97 Å². The van der Waals surface area contributed by atoms with Crippen molar-refractivity contribution in [1.29, 1.82) is 0 Å². The highest BCUT2D eigenvalue weighted by molar-refractivity contribution is 5.86. The molecule has 0 radical (unpaired) electrons. The van der Waals surface area contributed by atoms with Crippen LogP contribution < -0.4 is 15.5 Å². The summed E-state index contributed by atoms with van der Waals surface area (Å²) in [7, 11) is 0. The standard InChI is InChI=1S/C16H26N6O.3ClH/c23-15(14-4-1-2-5-17-14)18-8-9-21-10-12-22(13-11-21)16-19-6-3-7-20-16;;;/h3,6-7,14,17H,1-2,4-5,8-13H2,(H,18,23);3*1H/t14-;;;/m1.../s1. The number of rotatable bonds is 5. The van der Waals surface area contributed by atoms with E-state index in [4.69, 9.17) is 0 Å². The van der Waals surface area contributed by atoms with E-state index in [2.05, 4.69) is 30.4 Å². The van der Waals surface area contributed by atoms with E-state index in [1.165, 1.54) is 6.42 Å². The molecule has 0 aromatic carbocycles. The van der Waals surface area contributed by atoms with Crippen molar-refractivity contribution in [2.75, 3.05) is 50.7 Å². The fourth-order valence-electron chi connectivity index (χ4n) is 3.16. The number of halogens is 3. The van der Waals surface area contributed by atoms with Gasteiger partial charge in [0, 0.05) is 51.7 Å². The molecule has 2 fully saturated rings. The predicted molar refractivity (Wildman–Crippen MR) is 111 cm³/mol. The van der Waals surface area contributed by atoms with Crippen LogP contribution in [0.5, 0.6) is 0 Å². The Morgan fingerprint density at radius 2 is 1.81 bits per heavy atom. The van der Waals surface area contributed by atoms with Gasteiger partial charge in [-0.15, -0.1) is 37.2 Å². The lowest BCUT2D eigenvalue weighted by Gasteiger charge is -2.34. The van der Waals surface area contributed by atoms with Crippen molar-refractivity contribution < 1.29 is 4.79 Å². The van der Waals surface area contributed by atoms with Gasteiger partial charge >= 0.3 is 0 Å². The van der Waals surface area contributed by atoms with Crippen LogP contribution in [-0.4, -0.2) is 72.6 Å². The van der Waals surface area contributed by atoms with E-state index in [9.17, 15) is 4.79 Å². The number of nitrogens with one attached hydrogen (secondary N) is 2. The zero-order valence-electron chi connectivity index (χ0n) is 14.8. The Morgan fingerprint density at radius 3 is 2.42 bits per heavy atom. The van der Waals surface area contributed by atoms with Crippen LogP contribution in [0, 0.1) is 0 Å². The maximum atomic E-state index is 12.1. The summed E-state index contributed by atoms with van der Waals surface area (Å²) in [5, 5.41) is 6.35. The van der Waals surface area contributed by atoms with Crippen LogP contribution in [-0.2, 0) is 4.79 Å². The molecular weight excluding hydrogens is 399 g/mol. The number of aromatic nitrogens is 2. The van der Waals surface area contributed by atoms with Gasteiger partial charge in [0.1, 0.15) is 0 Å². The maximum absolute atomic E-state index is 12.1. The second-order valence-electron chi connectivity index (χ2n) is 6.17. The summed E-state index contributed by atoms with van der Waals surface area (Å²) in [6.07, 6.45) is 6.85. The van der Waals surface area contributed by atoms with Crippen LogP contribution >= 0.6 is 37.2 Å². The molecule has 2 saturated heterocycles. The number of piperazine rings is 1. The molecule has 2 aliphatic rings. The lowest BCUT2D eigenvalue weighted by atomic mass is 10.0. The van der Waals surface area contributed by atoms with Crippen molar-refractivity contribution in [1.82, 2.24) is 25.5 Å². The number of amides is 1. The number of hydrogen-bond donors (Lipinski definition) is 2. The first-order valence-electron chi connectivity index (χ1n) is 8.58. The minimum absolute atomic E-state index is 0. The van der Waals surface area contributed by atoms with Gasteiger partial charge in [0.2, 0.25) is 11.9 Å². The van der Waals surface area contributed by atoms with Gasteiger partial charge in [0.25, 0.3) is 0 Å². The van der Waals surface area contributed by atoms with E-state index >= 15 is 0 Å². The molecule has 26 heavy (non-hydrogen) atoms. The second kappa shape index (κ2) is 13.3. The van der Waals surface area contributed by atoms with Crippen molar-refractivity contribution in [2.24, 2.45) is 0 Å². The van der Waals surface area contributed by atoms with E-state index in [0.29, 0.717) is 0 Å². The zero-order valence-corrected chi connectivity index (χ0v) is 17.3. The molecule has 7 nitrogen and oxygen atoms in total. The third-order valence-electron chi connectivity index (χ3n) is 4.56. The molecule has 2 N–H and O–H groups in total. The van der Waals surface area contributed by atoms with Crippen LogP contribution in [0.15, 0.2) is 18.5 Å². The summed E-state index contributed by atoms with van der Waals surface area (Å²) < 4.78 is 0. The Labute approximate surface area is 173 Å². The SMILES string of the molecule is Cl.Cl.Cl.O=C(NCCN1CCN(c2ncccn2)CC1)[C@H]1CCCCN1. The van der Waals surface area contributed by atoms with Gasteiger partial charge in [-0.2, -0.15) is 0 Å². The van der Waals surface area contributed by atoms with E-state index in [1.807, 2.05) is 6.07 Å². The molecule has 0 unspecified atom stereocenters. The molecule has 2 aliphatic heterocycles. The zero-order chi connectivity index (χ0) is 15.9. The average Bonchev–Trinajstić information content (AvgIpc) is 2.64. The molecule has 0 aliphatic carbocycles. The maximum Gasteiger partial charge on any atom is 0.237 e. The lowest BCUT2D eigenvalue weighted by molar-refractivity contribution is -0.123. The average molecular weight is 428 g/mol. The summed E-state index contributed by atoms with van der Waals surface area (Å²) >= 11 is 0. The largest absolute Gasteiger partial charge is 0.353 e. The van der Waals surface area contributed by atoms with E-state index in [0.717, 1.165) is 64.6 Å². The van der Waals surface area contributed by atoms with Gasteiger partial charge in [-0.3, -0.25) is 9.69 Å². The van der Waals surface area contributed by atoms with Crippen molar-refractivity contribution in [3.05, 3.63) is 18.5 Å². The first-order valence-corrected chi connectivity index (χ1v) is 8.58. The lowest BCUT2D eigenvalue weighted by Crippen LogP contribution is -2.51. The summed E-state index contributed by atoms with van der Waals surface area (Å²) in [5.74, 6) is 0.963. The molecule has 10 heteroatoms. The van der Waals surface area contributed by atoms with Crippen LogP contribution in [0.2, 0.25) is 0 Å². The molecule has 0 bridgehead atoms. The van der Waals surface area contributed by atoms with E-state index < -0.39 is 0 Å². The molecule has 150 valence electrons. The van der Waals surface area contributed by atoms with Gasteiger partial charge in [0.05, 0.1) is 6.04 Å². The normalized spacial score (nSPS) is 20.2. The van der Waals surface area contributed by atoms with Gasteiger partial charge < -0.3 is 15.5 Å². The van der Waals surface area contributed by atoms with Crippen molar-refractivity contribution in [2.45, 2.75) is 25.3 Å². The molecule has 0 spiro atoms. The van der Waals surface area contributed by atoms with Crippen LogP contribution in [0.3, 0.4) is 0 Å². The Balaban J connectivity index is 0.00000208. The fraction of sp³-hybridized carbons (Fsp3) is 0.688. The Hall–Kier alpha value is -0.860. The molecule has 1 atom stereocenters. The Morgan fingerprint density at radius 1 is 1.12 bits per heavy atom. The number of anilines is 1. The van der Waals surface area contributed by atoms with Gasteiger partial charge in [-0.05, 0) is 25.5 Å². The first kappa shape index (κ1) is 25.1. The predicted octanol–water partition coefficient (Wildman–Crippen LogP) is 1.12. The van der Waals surface area contributed by atoms with Crippen LogP contribution in [0.25, 0.3) is 0 Å². The molecule has 0 saturated carbocycles. The monoisotopic (exact) mass is 426 g/mol. The number of carbonyl (C=O) groups excluding carboxylic acids is 1. The Kier molecular flexibility index (Phi) is 12.9. The second-order valence-corrected chi connectivity index (χ2v) is 6.17. The minimum atomic E-state index is 0. The quantitative estimate of drug-likeness (QED) is 0.734. The molecule has 1 aromatic rings. The summed E-state index contributed by atoms with van der Waals surface area (Å²) in [4.78, 5) is 25.2. The van der Waals surface area contributed by atoms with Crippen molar-refractivity contribution >= 4 is 49.1 Å². The number of piperidine rings is 1. The third-order valence-corrected chi connectivity index (χ3v) is 4.56. The summed E-state index contributed by atoms with van der Waals surface area (Å²) in [5.41, 5.74) is 0. The van der Waals surface area contributed by atoms with E-state index in [-0.39, 0.29) is 49.2 Å². The third kappa shape index (κ3) is 7.40. The Bertz CT molecular complexity index is 496. The first-order chi connectivity index (χ1) is 11.3. The molecule has 1 amide bonds. The number of hydrogen-bond acceptors (Lipinski definition) is 6. The summed E-state index contributed by atoms with van der Waals surface area (Å²) in [6, 6.07) is 1.85. The van der Waals surface area contributed by atoms with Crippen LogP contribution in [0.4, 0.5) is 5.95 Å². The van der Waals surface area contributed by atoms with Crippen molar-refractivity contribution in [3.63, 3.8) is 0 Å². The molecular formula is C16H29Cl3N6O. The molecule has 3 rings (SSSR count). The van der Waals surface area contributed by atoms with Gasteiger partial charge in [0.15, 0.2) is 0 Å². The highest BCUT2D eigenvalue weighted by atomic mass is 35.5. The molecule has 3 heterocycles. The minimum Gasteiger partial charge on any atom is -0.353 e. The van der Waals surface area contributed by atoms with E-state index in [1.54, 1.807) is 12.4 Å². The smallest absolute Gasteiger partial charge is 0.237 e. The highest BCUT2D eigenvalue weighted by Crippen LogP contribution is 2.09. The van der Waals surface area contributed by atoms with Gasteiger partial charge in [-0.1, -0.05) is 6.42 Å². The number of nitrogens with zero attached hydrogens (tertiary/aromatic N) is 4. The number of carbonyl (C=O) groups is 1. The topological polar surface area (TPSA) is 73.4 Å². The van der Waals surface area contributed by atoms with Crippen molar-refractivity contribution in [3.8, 4) is 0 Å². The molecule has 1 aromatic heterocycles.